The van der Waals surface area contributed by atoms with Crippen LogP contribution in [-0.4, -0.2) is 31.5 Å². The molecule has 0 unspecified atom stereocenters. The molecule has 0 aliphatic heterocycles. The summed E-state index contributed by atoms with van der Waals surface area (Å²) in [5, 5.41) is 12.5. The smallest absolute Gasteiger partial charge is 0.194 e. The SMILES string of the molecule is CC(C)[C@@H](NC[C@H](O)CCc1ccccc1)S(=O)(=O)c1ccc(N)cc1. The molecular formula is C20H28N2O3S. The minimum absolute atomic E-state index is 0.140. The number of nitrogen functional groups attached to an aromatic ring is 1. The van der Waals surface area contributed by atoms with Gasteiger partial charge in [-0.25, -0.2) is 8.42 Å². The molecule has 2 rings (SSSR count). The minimum Gasteiger partial charge on any atom is -0.399 e. The molecule has 0 saturated carbocycles. The van der Waals surface area contributed by atoms with Gasteiger partial charge in [0, 0.05) is 12.2 Å². The van der Waals surface area contributed by atoms with Crippen LogP contribution in [0.25, 0.3) is 0 Å². The third-order valence-corrected chi connectivity index (χ3v) is 6.62. The second kappa shape index (κ2) is 9.16. The fourth-order valence-corrected chi connectivity index (χ4v) is 4.68. The van der Waals surface area contributed by atoms with Crippen LogP contribution in [0.5, 0.6) is 0 Å². The normalized spacial score (nSPS) is 14.3. The Labute approximate surface area is 156 Å². The van der Waals surface area contributed by atoms with Crippen molar-refractivity contribution < 1.29 is 13.5 Å². The molecule has 0 bridgehead atoms. The monoisotopic (exact) mass is 376 g/mol. The third kappa shape index (κ3) is 5.56. The molecule has 2 aromatic rings. The van der Waals surface area contributed by atoms with Gasteiger partial charge in [-0.2, -0.15) is 0 Å². The summed E-state index contributed by atoms with van der Waals surface area (Å²) in [4.78, 5) is 0.233. The van der Waals surface area contributed by atoms with Gasteiger partial charge < -0.3 is 10.8 Å². The standard InChI is InChI=1S/C20H28N2O3S/c1-15(2)20(26(24,25)19-12-9-17(21)10-13-19)22-14-18(23)11-8-16-6-4-3-5-7-16/h3-7,9-10,12-13,15,18,20,22-23H,8,11,14,21H2,1-2H3/t18-,20+/m1/s1. The van der Waals surface area contributed by atoms with E-state index in [1.54, 1.807) is 12.1 Å². The van der Waals surface area contributed by atoms with Crippen LogP contribution < -0.4 is 11.1 Å². The molecule has 26 heavy (non-hydrogen) atoms. The Morgan fingerprint density at radius 2 is 1.65 bits per heavy atom. The zero-order valence-electron chi connectivity index (χ0n) is 15.3. The average molecular weight is 377 g/mol. The Morgan fingerprint density at radius 3 is 2.23 bits per heavy atom. The van der Waals surface area contributed by atoms with E-state index < -0.39 is 21.3 Å². The minimum atomic E-state index is -3.56. The lowest BCUT2D eigenvalue weighted by atomic mass is 10.1. The molecule has 5 nitrogen and oxygen atoms in total. The summed E-state index contributed by atoms with van der Waals surface area (Å²) in [6.45, 7) is 3.93. The number of hydrogen-bond acceptors (Lipinski definition) is 5. The topological polar surface area (TPSA) is 92.4 Å². The lowest BCUT2D eigenvalue weighted by Gasteiger charge is -2.24. The summed E-state index contributed by atoms with van der Waals surface area (Å²) in [6.07, 6.45) is 0.711. The first-order valence-electron chi connectivity index (χ1n) is 8.85. The van der Waals surface area contributed by atoms with Crippen LogP contribution in [0.4, 0.5) is 5.69 Å². The van der Waals surface area contributed by atoms with Crippen molar-refractivity contribution in [1.82, 2.24) is 5.32 Å². The molecule has 142 valence electrons. The largest absolute Gasteiger partial charge is 0.399 e. The highest BCUT2D eigenvalue weighted by Crippen LogP contribution is 2.21. The molecule has 0 spiro atoms. The maximum Gasteiger partial charge on any atom is 0.194 e. The number of anilines is 1. The van der Waals surface area contributed by atoms with E-state index in [4.69, 9.17) is 5.73 Å². The summed E-state index contributed by atoms with van der Waals surface area (Å²) < 4.78 is 25.8. The molecule has 4 N–H and O–H groups in total. The maximum absolute atomic E-state index is 12.9. The van der Waals surface area contributed by atoms with E-state index in [-0.39, 0.29) is 17.4 Å². The van der Waals surface area contributed by atoms with Crippen LogP contribution in [-0.2, 0) is 16.3 Å². The third-order valence-electron chi connectivity index (χ3n) is 4.31. The van der Waals surface area contributed by atoms with Gasteiger partial charge >= 0.3 is 0 Å². The molecule has 0 radical (unpaired) electrons. The molecule has 6 heteroatoms. The number of aliphatic hydroxyl groups excluding tert-OH is 1. The number of aliphatic hydroxyl groups is 1. The van der Waals surface area contributed by atoms with Gasteiger partial charge in [0.1, 0.15) is 5.37 Å². The van der Waals surface area contributed by atoms with Gasteiger partial charge in [-0.05, 0) is 48.6 Å². The maximum atomic E-state index is 12.9. The number of sulfone groups is 1. The number of aryl methyl sites for hydroxylation is 1. The molecule has 2 aromatic carbocycles. The summed E-state index contributed by atoms with van der Waals surface area (Å²) >= 11 is 0. The summed E-state index contributed by atoms with van der Waals surface area (Å²) in [6, 6.07) is 16.1. The molecule has 0 saturated heterocycles. The Kier molecular flexibility index (Phi) is 7.20. The predicted molar refractivity (Wildman–Crippen MR) is 105 cm³/mol. The Morgan fingerprint density at radius 1 is 1.04 bits per heavy atom. The second-order valence-electron chi connectivity index (χ2n) is 6.87. The van der Waals surface area contributed by atoms with Crippen LogP contribution in [0.15, 0.2) is 59.5 Å². The predicted octanol–water partition coefficient (Wildman–Crippen LogP) is 2.61. The highest BCUT2D eigenvalue weighted by atomic mass is 32.2. The molecular weight excluding hydrogens is 348 g/mol. The zero-order valence-corrected chi connectivity index (χ0v) is 16.1. The number of nitrogens with two attached hydrogens (primary N) is 1. The number of hydrogen-bond donors (Lipinski definition) is 3. The van der Waals surface area contributed by atoms with Crippen molar-refractivity contribution in [2.24, 2.45) is 5.92 Å². The Bertz CT molecular complexity index is 774. The summed E-state index contributed by atoms with van der Waals surface area (Å²) in [5.41, 5.74) is 7.32. The van der Waals surface area contributed by atoms with E-state index in [9.17, 15) is 13.5 Å². The van der Waals surface area contributed by atoms with Gasteiger partial charge in [-0.1, -0.05) is 44.2 Å². The molecule has 0 aromatic heterocycles. The van der Waals surface area contributed by atoms with Gasteiger partial charge in [0.05, 0.1) is 11.0 Å². The highest BCUT2D eigenvalue weighted by Gasteiger charge is 2.30. The van der Waals surface area contributed by atoms with Crippen LogP contribution in [0.2, 0.25) is 0 Å². The van der Waals surface area contributed by atoms with Gasteiger partial charge in [0.2, 0.25) is 0 Å². The fourth-order valence-electron chi connectivity index (χ4n) is 2.84. The van der Waals surface area contributed by atoms with Crippen molar-refractivity contribution in [2.45, 2.75) is 43.1 Å². The van der Waals surface area contributed by atoms with E-state index in [1.165, 1.54) is 12.1 Å². The van der Waals surface area contributed by atoms with Crippen molar-refractivity contribution >= 4 is 15.5 Å². The van der Waals surface area contributed by atoms with E-state index in [0.717, 1.165) is 12.0 Å². The lowest BCUT2D eigenvalue weighted by molar-refractivity contribution is 0.159. The van der Waals surface area contributed by atoms with Crippen LogP contribution in [0.1, 0.15) is 25.8 Å². The van der Waals surface area contributed by atoms with Crippen molar-refractivity contribution in [3.05, 3.63) is 60.2 Å². The fraction of sp³-hybridized carbons (Fsp3) is 0.400. The molecule has 0 amide bonds. The summed E-state index contributed by atoms with van der Waals surface area (Å²) in [5.74, 6) is -0.140. The van der Waals surface area contributed by atoms with Gasteiger partial charge in [-0.3, -0.25) is 5.32 Å². The number of benzene rings is 2. The van der Waals surface area contributed by atoms with Crippen LogP contribution >= 0.6 is 0 Å². The Hall–Kier alpha value is -1.89. The molecule has 2 atom stereocenters. The van der Waals surface area contributed by atoms with E-state index in [2.05, 4.69) is 5.32 Å². The second-order valence-corrected chi connectivity index (χ2v) is 8.93. The number of rotatable bonds is 9. The zero-order chi connectivity index (χ0) is 19.2. The van der Waals surface area contributed by atoms with E-state index >= 15 is 0 Å². The quantitative estimate of drug-likeness (QED) is 0.585. The van der Waals surface area contributed by atoms with E-state index in [0.29, 0.717) is 12.1 Å². The average Bonchev–Trinajstić information content (AvgIpc) is 2.61. The van der Waals surface area contributed by atoms with E-state index in [1.807, 2.05) is 44.2 Å². The van der Waals surface area contributed by atoms with Crippen molar-refractivity contribution in [1.29, 1.82) is 0 Å². The van der Waals surface area contributed by atoms with Crippen molar-refractivity contribution in [3.8, 4) is 0 Å². The number of nitrogens with one attached hydrogen (secondary N) is 1. The molecule has 0 fully saturated rings. The van der Waals surface area contributed by atoms with Gasteiger partial charge in [-0.15, -0.1) is 0 Å². The first kappa shape index (κ1) is 20.4. The van der Waals surface area contributed by atoms with Gasteiger partial charge in [0.25, 0.3) is 0 Å². The van der Waals surface area contributed by atoms with Gasteiger partial charge in [0.15, 0.2) is 9.84 Å². The molecule has 0 heterocycles. The first-order valence-corrected chi connectivity index (χ1v) is 10.4. The Balaban J connectivity index is 1.98. The highest BCUT2D eigenvalue weighted by molar-refractivity contribution is 7.92. The van der Waals surface area contributed by atoms with Crippen molar-refractivity contribution in [3.63, 3.8) is 0 Å². The molecule has 0 aliphatic rings. The summed E-state index contributed by atoms with van der Waals surface area (Å²) in [7, 11) is -3.56. The van der Waals surface area contributed by atoms with Crippen LogP contribution in [0, 0.1) is 5.92 Å². The molecule has 0 aliphatic carbocycles. The van der Waals surface area contributed by atoms with Crippen molar-refractivity contribution in [2.75, 3.05) is 12.3 Å². The van der Waals surface area contributed by atoms with Crippen LogP contribution in [0.3, 0.4) is 0 Å². The first-order chi connectivity index (χ1) is 12.3. The lowest BCUT2D eigenvalue weighted by Crippen LogP contribution is -2.44.